The van der Waals surface area contributed by atoms with Crippen LogP contribution in [0.15, 0.2) is 12.1 Å². The van der Waals surface area contributed by atoms with Crippen molar-refractivity contribution in [2.45, 2.75) is 25.8 Å². The predicted molar refractivity (Wildman–Crippen MR) is 64.9 cm³/mol. The molecule has 0 radical (unpaired) electrons. The van der Waals surface area contributed by atoms with E-state index in [0.29, 0.717) is 15.8 Å². The summed E-state index contributed by atoms with van der Waals surface area (Å²) in [6.07, 6.45) is 1.89. The summed E-state index contributed by atoms with van der Waals surface area (Å²) in [5, 5.41) is 1.09. The summed E-state index contributed by atoms with van der Waals surface area (Å²) < 4.78 is 5.23. The van der Waals surface area contributed by atoms with Gasteiger partial charge in [-0.05, 0) is 18.6 Å². The Kier molecular flexibility index (Phi) is 4.71. The molecule has 0 amide bonds. The van der Waals surface area contributed by atoms with Crippen LogP contribution >= 0.6 is 23.2 Å². The van der Waals surface area contributed by atoms with Gasteiger partial charge in [0.2, 0.25) is 0 Å². The maximum Gasteiger partial charge on any atom is 0.142 e. The average molecular weight is 248 g/mol. The lowest BCUT2D eigenvalue weighted by Gasteiger charge is -2.16. The lowest BCUT2D eigenvalue weighted by atomic mass is 10.0. The van der Waals surface area contributed by atoms with Gasteiger partial charge < -0.3 is 10.5 Å². The first-order valence-electron chi connectivity index (χ1n) is 4.88. The molecule has 4 heteroatoms. The van der Waals surface area contributed by atoms with Gasteiger partial charge in [0.25, 0.3) is 0 Å². The van der Waals surface area contributed by atoms with Crippen LogP contribution in [0, 0.1) is 0 Å². The first kappa shape index (κ1) is 12.6. The standard InChI is InChI=1S/C11H15Cl2NO/c1-3-4-10(14)8-5-7(12)6-9(13)11(8)15-2/h5-6,10H,3-4,14H2,1-2H3. The number of methoxy groups -OCH3 is 1. The molecule has 1 aromatic rings. The summed E-state index contributed by atoms with van der Waals surface area (Å²) in [4.78, 5) is 0. The van der Waals surface area contributed by atoms with Gasteiger partial charge in [0.15, 0.2) is 0 Å². The smallest absolute Gasteiger partial charge is 0.142 e. The Balaban J connectivity index is 3.13. The lowest BCUT2D eigenvalue weighted by Crippen LogP contribution is -2.11. The Labute approximate surface area is 100 Å². The van der Waals surface area contributed by atoms with Crippen molar-refractivity contribution in [1.82, 2.24) is 0 Å². The van der Waals surface area contributed by atoms with Gasteiger partial charge >= 0.3 is 0 Å². The topological polar surface area (TPSA) is 35.2 Å². The molecule has 0 saturated carbocycles. The Morgan fingerprint density at radius 3 is 2.60 bits per heavy atom. The molecule has 15 heavy (non-hydrogen) atoms. The second-order valence-corrected chi connectivity index (χ2v) is 4.25. The molecule has 0 bridgehead atoms. The fourth-order valence-corrected chi connectivity index (χ4v) is 2.12. The minimum Gasteiger partial charge on any atom is -0.495 e. The largest absolute Gasteiger partial charge is 0.495 e. The summed E-state index contributed by atoms with van der Waals surface area (Å²) >= 11 is 11.9. The van der Waals surface area contributed by atoms with Crippen molar-refractivity contribution in [1.29, 1.82) is 0 Å². The van der Waals surface area contributed by atoms with Gasteiger partial charge in [-0.25, -0.2) is 0 Å². The Bertz CT molecular complexity index is 342. The van der Waals surface area contributed by atoms with Crippen molar-refractivity contribution in [2.75, 3.05) is 7.11 Å². The van der Waals surface area contributed by atoms with E-state index in [2.05, 4.69) is 6.92 Å². The quantitative estimate of drug-likeness (QED) is 0.879. The van der Waals surface area contributed by atoms with Gasteiger partial charge in [-0.2, -0.15) is 0 Å². The van der Waals surface area contributed by atoms with Crippen LogP contribution in [-0.2, 0) is 0 Å². The lowest BCUT2D eigenvalue weighted by molar-refractivity contribution is 0.404. The molecular weight excluding hydrogens is 233 g/mol. The monoisotopic (exact) mass is 247 g/mol. The Morgan fingerprint density at radius 2 is 2.07 bits per heavy atom. The van der Waals surface area contributed by atoms with E-state index < -0.39 is 0 Å². The average Bonchev–Trinajstić information content (AvgIpc) is 2.17. The second-order valence-electron chi connectivity index (χ2n) is 3.41. The van der Waals surface area contributed by atoms with E-state index in [1.165, 1.54) is 0 Å². The first-order chi connectivity index (χ1) is 7.10. The molecule has 84 valence electrons. The zero-order valence-electron chi connectivity index (χ0n) is 8.89. The number of hydrogen-bond acceptors (Lipinski definition) is 2. The third-order valence-corrected chi connectivity index (χ3v) is 2.74. The predicted octanol–water partition coefficient (Wildman–Crippen LogP) is 3.80. The highest BCUT2D eigenvalue weighted by Gasteiger charge is 2.15. The van der Waals surface area contributed by atoms with E-state index in [1.807, 2.05) is 6.07 Å². The first-order valence-corrected chi connectivity index (χ1v) is 5.64. The summed E-state index contributed by atoms with van der Waals surface area (Å²) in [5.41, 5.74) is 6.89. The fourth-order valence-electron chi connectivity index (χ4n) is 1.54. The second kappa shape index (κ2) is 5.59. The molecule has 1 rings (SSSR count). The third-order valence-electron chi connectivity index (χ3n) is 2.24. The van der Waals surface area contributed by atoms with Gasteiger partial charge in [-0.3, -0.25) is 0 Å². The highest BCUT2D eigenvalue weighted by Crippen LogP contribution is 2.36. The molecule has 2 nitrogen and oxygen atoms in total. The van der Waals surface area contributed by atoms with Crippen LogP contribution in [0.4, 0.5) is 0 Å². The Hall–Kier alpha value is -0.440. The molecule has 0 heterocycles. The summed E-state index contributed by atoms with van der Waals surface area (Å²) in [5.74, 6) is 0.627. The van der Waals surface area contributed by atoms with Crippen LogP contribution in [0.25, 0.3) is 0 Å². The van der Waals surface area contributed by atoms with Crippen molar-refractivity contribution >= 4 is 23.2 Å². The van der Waals surface area contributed by atoms with Gasteiger partial charge in [0, 0.05) is 16.6 Å². The van der Waals surface area contributed by atoms with Crippen LogP contribution in [0.1, 0.15) is 31.4 Å². The highest BCUT2D eigenvalue weighted by atomic mass is 35.5. The number of hydrogen-bond donors (Lipinski definition) is 1. The van der Waals surface area contributed by atoms with Crippen LogP contribution in [0.2, 0.25) is 10.0 Å². The maximum absolute atomic E-state index is 6.02. The molecule has 0 fully saturated rings. The van der Waals surface area contributed by atoms with Crippen molar-refractivity contribution in [3.05, 3.63) is 27.7 Å². The van der Waals surface area contributed by atoms with E-state index in [1.54, 1.807) is 13.2 Å². The summed E-state index contributed by atoms with van der Waals surface area (Å²) in [6, 6.07) is 3.39. The van der Waals surface area contributed by atoms with E-state index in [4.69, 9.17) is 33.7 Å². The van der Waals surface area contributed by atoms with Gasteiger partial charge in [0.05, 0.1) is 12.1 Å². The molecule has 1 unspecified atom stereocenters. The SMILES string of the molecule is CCCC(N)c1cc(Cl)cc(Cl)c1OC. The third kappa shape index (κ3) is 3.00. The molecule has 0 aliphatic rings. The number of ether oxygens (including phenoxy) is 1. The van der Waals surface area contributed by atoms with Crippen LogP contribution < -0.4 is 10.5 Å². The van der Waals surface area contributed by atoms with E-state index in [9.17, 15) is 0 Å². The number of halogens is 2. The number of rotatable bonds is 4. The number of benzene rings is 1. The highest BCUT2D eigenvalue weighted by molar-refractivity contribution is 6.35. The van der Waals surface area contributed by atoms with E-state index >= 15 is 0 Å². The van der Waals surface area contributed by atoms with Gasteiger partial charge in [-0.15, -0.1) is 0 Å². The molecule has 1 aromatic carbocycles. The van der Waals surface area contributed by atoms with Crippen molar-refractivity contribution in [3.8, 4) is 5.75 Å². The molecule has 0 spiro atoms. The molecule has 0 saturated heterocycles. The fraction of sp³-hybridized carbons (Fsp3) is 0.455. The number of nitrogens with two attached hydrogens (primary N) is 1. The van der Waals surface area contributed by atoms with Gasteiger partial charge in [0.1, 0.15) is 5.75 Å². The molecule has 2 N–H and O–H groups in total. The van der Waals surface area contributed by atoms with E-state index in [-0.39, 0.29) is 6.04 Å². The van der Waals surface area contributed by atoms with Crippen LogP contribution in [0.5, 0.6) is 5.75 Å². The summed E-state index contributed by atoms with van der Waals surface area (Å²) in [6.45, 7) is 2.08. The molecular formula is C11H15Cl2NO. The molecule has 0 aliphatic carbocycles. The molecule has 1 atom stereocenters. The van der Waals surface area contributed by atoms with Gasteiger partial charge in [-0.1, -0.05) is 36.5 Å². The van der Waals surface area contributed by atoms with Crippen LogP contribution in [-0.4, -0.2) is 7.11 Å². The van der Waals surface area contributed by atoms with Crippen molar-refractivity contribution in [2.24, 2.45) is 5.73 Å². The minimum atomic E-state index is -0.0823. The van der Waals surface area contributed by atoms with E-state index in [0.717, 1.165) is 18.4 Å². The van der Waals surface area contributed by atoms with Crippen LogP contribution in [0.3, 0.4) is 0 Å². The van der Waals surface area contributed by atoms with Crippen molar-refractivity contribution < 1.29 is 4.74 Å². The normalized spacial score (nSPS) is 12.6. The minimum absolute atomic E-state index is 0.0823. The molecule has 0 aromatic heterocycles. The maximum atomic E-state index is 6.02. The Morgan fingerprint density at radius 1 is 1.40 bits per heavy atom. The molecule has 0 aliphatic heterocycles. The van der Waals surface area contributed by atoms with Crippen molar-refractivity contribution in [3.63, 3.8) is 0 Å². The zero-order valence-corrected chi connectivity index (χ0v) is 10.4. The zero-order chi connectivity index (χ0) is 11.4. The summed E-state index contributed by atoms with van der Waals surface area (Å²) in [7, 11) is 1.58.